The minimum Gasteiger partial charge on any atom is -0.281 e. The van der Waals surface area contributed by atoms with Crippen LogP contribution in [-0.2, 0) is 0 Å². The molecule has 1 heterocycles. The van der Waals surface area contributed by atoms with Crippen LogP contribution in [0.15, 0.2) is 83.2 Å². The van der Waals surface area contributed by atoms with Crippen molar-refractivity contribution in [1.29, 1.82) is 0 Å². The van der Waals surface area contributed by atoms with E-state index < -0.39 is 5.51 Å². The maximum atomic E-state index is 12.4. The first-order chi connectivity index (χ1) is 13.9. The lowest BCUT2D eigenvalue weighted by atomic mass is 10.0. The highest BCUT2D eigenvalue weighted by Gasteiger charge is 2.29. The molecule has 1 nitrogen and oxygen atoms in total. The summed E-state index contributed by atoms with van der Waals surface area (Å²) < 4.78 is 37.3. The van der Waals surface area contributed by atoms with Crippen molar-refractivity contribution < 1.29 is 13.2 Å². The Balaban J connectivity index is 1.68. The van der Waals surface area contributed by atoms with Gasteiger partial charge in [-0.1, -0.05) is 78.9 Å². The molecule has 0 aliphatic carbocycles. The highest BCUT2D eigenvalue weighted by atomic mass is 35.5. The van der Waals surface area contributed by atoms with Crippen molar-refractivity contribution >= 4 is 35.2 Å². The van der Waals surface area contributed by atoms with Crippen molar-refractivity contribution in [3.63, 3.8) is 0 Å². The summed E-state index contributed by atoms with van der Waals surface area (Å²) in [5.41, 5.74) is -0.301. The van der Waals surface area contributed by atoms with E-state index in [9.17, 15) is 13.2 Å². The number of thioether (sulfide) groups is 1. The molecule has 1 unspecified atom stereocenters. The fourth-order valence-corrected chi connectivity index (χ4v) is 3.83. The predicted molar refractivity (Wildman–Crippen MR) is 117 cm³/mol. The molecule has 0 amide bonds. The van der Waals surface area contributed by atoms with Crippen LogP contribution in [0.2, 0.25) is 5.02 Å². The van der Waals surface area contributed by atoms with Crippen LogP contribution in [0, 0.1) is 0 Å². The summed E-state index contributed by atoms with van der Waals surface area (Å²) in [6.45, 7) is 3.42. The number of halogens is 4. The fourth-order valence-electron chi connectivity index (χ4n) is 3.09. The van der Waals surface area contributed by atoms with Gasteiger partial charge in [0.1, 0.15) is 0 Å². The first kappa shape index (κ1) is 21.5. The molecule has 1 aliphatic heterocycles. The Labute approximate surface area is 177 Å². The Hall–Kier alpha value is -2.24. The van der Waals surface area contributed by atoms with Crippen molar-refractivity contribution in [2.75, 3.05) is 0 Å². The summed E-state index contributed by atoms with van der Waals surface area (Å²) in [5.74, 6) is 0. The van der Waals surface area contributed by atoms with Gasteiger partial charge in [-0.15, -0.1) is 0 Å². The summed E-state index contributed by atoms with van der Waals surface area (Å²) in [6, 6.07) is 15.7. The first-order valence-electron chi connectivity index (χ1n) is 9.04. The molecule has 0 N–H and O–H groups in total. The lowest BCUT2D eigenvalue weighted by Crippen LogP contribution is -1.99. The van der Waals surface area contributed by atoms with Gasteiger partial charge in [0, 0.05) is 21.2 Å². The molecule has 29 heavy (non-hydrogen) atoms. The number of benzene rings is 2. The molecule has 0 bridgehead atoms. The van der Waals surface area contributed by atoms with Gasteiger partial charge in [0.25, 0.3) is 0 Å². The van der Waals surface area contributed by atoms with Gasteiger partial charge >= 0.3 is 5.51 Å². The van der Waals surface area contributed by atoms with E-state index in [0.29, 0.717) is 5.02 Å². The Morgan fingerprint density at radius 2 is 1.86 bits per heavy atom. The van der Waals surface area contributed by atoms with Crippen molar-refractivity contribution in [3.05, 3.63) is 100.0 Å². The number of hydrogen-bond acceptors (Lipinski definition) is 2. The molecule has 0 spiro atoms. The third kappa shape index (κ3) is 6.12. The normalized spacial score (nSPS) is 17.6. The lowest BCUT2D eigenvalue weighted by molar-refractivity contribution is -0.0321. The van der Waals surface area contributed by atoms with E-state index in [-0.39, 0.29) is 22.7 Å². The molecule has 6 heteroatoms. The molecule has 150 valence electrons. The molecular formula is C23H19ClF3NS. The van der Waals surface area contributed by atoms with Gasteiger partial charge < -0.3 is 0 Å². The summed E-state index contributed by atoms with van der Waals surface area (Å²) in [6.07, 6.45) is 7.75. The van der Waals surface area contributed by atoms with Crippen molar-refractivity contribution in [2.24, 2.45) is 4.99 Å². The maximum absolute atomic E-state index is 12.4. The summed E-state index contributed by atoms with van der Waals surface area (Å²) >= 11 is 6.10. The largest absolute Gasteiger partial charge is 0.446 e. The van der Waals surface area contributed by atoms with Crippen LogP contribution >= 0.6 is 23.4 Å². The molecule has 0 aromatic heterocycles. The van der Waals surface area contributed by atoms with E-state index in [1.807, 2.05) is 48.5 Å². The van der Waals surface area contributed by atoms with Crippen LogP contribution in [0.3, 0.4) is 0 Å². The molecule has 2 aromatic carbocycles. The van der Waals surface area contributed by atoms with Crippen LogP contribution in [-0.4, -0.2) is 11.2 Å². The van der Waals surface area contributed by atoms with Crippen molar-refractivity contribution in [2.45, 2.75) is 24.4 Å². The molecule has 0 radical (unpaired) electrons. The SMILES string of the molecule is C=C/C(=C\C=C\c1ccc(C2CCC(c3ccccc3Cl)=N2)cc1)SC(F)(F)F. The van der Waals surface area contributed by atoms with Gasteiger partial charge in [0.05, 0.1) is 6.04 Å². The predicted octanol–water partition coefficient (Wildman–Crippen LogP) is 8.00. The fraction of sp³-hybridized carbons (Fsp3) is 0.174. The van der Waals surface area contributed by atoms with E-state index in [2.05, 4.69) is 6.58 Å². The molecule has 1 atom stereocenters. The van der Waals surface area contributed by atoms with E-state index in [0.717, 1.165) is 35.2 Å². The molecule has 1 aliphatic rings. The van der Waals surface area contributed by atoms with Crippen LogP contribution < -0.4 is 0 Å². The second-order valence-corrected chi connectivity index (χ2v) is 8.00. The molecule has 3 rings (SSSR count). The molecule has 2 aromatic rings. The van der Waals surface area contributed by atoms with Gasteiger partial charge in [0.15, 0.2) is 0 Å². The zero-order chi connectivity index (χ0) is 20.9. The Morgan fingerprint density at radius 1 is 1.14 bits per heavy atom. The van der Waals surface area contributed by atoms with Gasteiger partial charge in [-0.25, -0.2) is 0 Å². The van der Waals surface area contributed by atoms with Crippen LogP contribution in [0.4, 0.5) is 13.2 Å². The minimum absolute atomic E-state index is 0.0535. The number of aliphatic imine (C=N–C) groups is 1. The third-order valence-electron chi connectivity index (χ3n) is 4.46. The van der Waals surface area contributed by atoms with Gasteiger partial charge in [0.2, 0.25) is 0 Å². The highest BCUT2D eigenvalue weighted by molar-refractivity contribution is 8.04. The maximum Gasteiger partial charge on any atom is 0.446 e. The van der Waals surface area contributed by atoms with E-state index in [1.165, 1.54) is 12.2 Å². The third-order valence-corrected chi connectivity index (χ3v) is 5.56. The lowest BCUT2D eigenvalue weighted by Gasteiger charge is -2.07. The molecule has 0 fully saturated rings. The minimum atomic E-state index is -4.32. The molecular weight excluding hydrogens is 415 g/mol. The number of hydrogen-bond donors (Lipinski definition) is 0. The average molecular weight is 434 g/mol. The summed E-state index contributed by atoms with van der Waals surface area (Å²) in [5, 5.41) is 0.711. The van der Waals surface area contributed by atoms with Gasteiger partial charge in [-0.2, -0.15) is 13.2 Å². The number of nitrogens with zero attached hydrogens (tertiary/aromatic N) is 1. The van der Waals surface area contributed by atoms with Crippen LogP contribution in [0.1, 0.15) is 35.6 Å². The topological polar surface area (TPSA) is 12.4 Å². The summed E-state index contributed by atoms with van der Waals surface area (Å²) in [7, 11) is 0. The Bertz CT molecular complexity index is 959. The van der Waals surface area contributed by atoms with Crippen molar-refractivity contribution in [3.8, 4) is 0 Å². The highest BCUT2D eigenvalue weighted by Crippen LogP contribution is 2.37. The molecule has 0 saturated carbocycles. The van der Waals surface area contributed by atoms with E-state index in [1.54, 1.807) is 12.2 Å². The van der Waals surface area contributed by atoms with Crippen LogP contribution in [0.5, 0.6) is 0 Å². The number of allylic oxidation sites excluding steroid dienone is 3. The van der Waals surface area contributed by atoms with Gasteiger partial charge in [-0.3, -0.25) is 4.99 Å². The second kappa shape index (κ2) is 9.51. The number of rotatable bonds is 6. The van der Waals surface area contributed by atoms with Gasteiger partial charge in [-0.05, 0) is 47.9 Å². The average Bonchev–Trinajstić information content (AvgIpc) is 3.17. The first-order valence-corrected chi connectivity index (χ1v) is 10.2. The summed E-state index contributed by atoms with van der Waals surface area (Å²) in [4.78, 5) is 4.89. The van der Waals surface area contributed by atoms with E-state index in [4.69, 9.17) is 16.6 Å². The Kier molecular flexibility index (Phi) is 7.04. The number of alkyl halides is 3. The zero-order valence-electron chi connectivity index (χ0n) is 15.5. The van der Waals surface area contributed by atoms with E-state index >= 15 is 0 Å². The smallest absolute Gasteiger partial charge is 0.281 e. The van der Waals surface area contributed by atoms with Crippen molar-refractivity contribution in [1.82, 2.24) is 0 Å². The second-order valence-electron chi connectivity index (χ2n) is 6.46. The standard InChI is InChI=1S/C23H19ClF3NS/c1-2-18(29-23(25,26)27)7-5-6-16-10-12-17(13-11-16)21-14-15-22(28-21)19-8-3-4-9-20(19)24/h2-13,21H,1,14-15H2/b6-5+,18-7+. The monoisotopic (exact) mass is 433 g/mol. The quantitative estimate of drug-likeness (QED) is 0.420. The van der Waals surface area contributed by atoms with Crippen LogP contribution in [0.25, 0.3) is 6.08 Å². The zero-order valence-corrected chi connectivity index (χ0v) is 17.1. The Morgan fingerprint density at radius 3 is 2.52 bits per heavy atom. The molecule has 0 saturated heterocycles.